The van der Waals surface area contributed by atoms with Crippen molar-refractivity contribution in [2.24, 2.45) is 0 Å². The SMILES string of the molecule is CC(=O)C1(F)C=CC(Sc2cccc(Cl)c2NS(C)(=O)=O)=C(F)C1. The molecule has 1 aromatic rings. The summed E-state index contributed by atoms with van der Waals surface area (Å²) in [5, 5.41) is 0.148. The van der Waals surface area contributed by atoms with Crippen LogP contribution in [0.25, 0.3) is 0 Å². The maximum atomic E-state index is 14.2. The van der Waals surface area contributed by atoms with E-state index in [1.54, 1.807) is 12.1 Å². The number of para-hydroxylation sites is 1. The third kappa shape index (κ3) is 4.37. The van der Waals surface area contributed by atoms with Crippen LogP contribution in [0, 0.1) is 0 Å². The van der Waals surface area contributed by atoms with Crippen molar-refractivity contribution in [3.63, 3.8) is 0 Å². The Bertz CT molecular complexity index is 852. The van der Waals surface area contributed by atoms with Crippen LogP contribution in [0.2, 0.25) is 5.02 Å². The standard InChI is InChI=1S/C15H14ClF2NO3S2/c1-9(20)15(18)7-6-12(11(17)8-15)23-13-5-3-4-10(16)14(13)19-24(2,21)22/h3-7,19H,8H2,1-2H3. The first-order chi connectivity index (χ1) is 11.0. The summed E-state index contributed by atoms with van der Waals surface area (Å²) >= 11 is 6.90. The highest BCUT2D eigenvalue weighted by molar-refractivity contribution is 8.03. The minimum absolute atomic E-state index is 0.0864. The molecular formula is C15H14ClF2NO3S2. The summed E-state index contributed by atoms with van der Waals surface area (Å²) in [6, 6.07) is 4.63. The van der Waals surface area contributed by atoms with Crippen LogP contribution in [0.5, 0.6) is 0 Å². The molecule has 0 aromatic heterocycles. The van der Waals surface area contributed by atoms with Gasteiger partial charge in [-0.25, -0.2) is 17.2 Å². The summed E-state index contributed by atoms with van der Waals surface area (Å²) in [5.41, 5.74) is -2.24. The minimum Gasteiger partial charge on any atom is -0.296 e. The van der Waals surface area contributed by atoms with Gasteiger partial charge >= 0.3 is 0 Å². The lowest BCUT2D eigenvalue weighted by Crippen LogP contribution is -2.31. The van der Waals surface area contributed by atoms with E-state index in [-0.39, 0.29) is 15.6 Å². The fraction of sp³-hybridized carbons (Fsp3) is 0.267. The molecule has 4 nitrogen and oxygen atoms in total. The summed E-state index contributed by atoms with van der Waals surface area (Å²) in [7, 11) is -3.59. The first kappa shape index (κ1) is 19.0. The second-order valence-corrected chi connectivity index (χ2v) is 8.53. The number of allylic oxidation sites excluding steroid dienone is 3. The average molecular weight is 394 g/mol. The number of Topliss-reactive ketones (excluding diaryl/α,β-unsaturated/α-hetero) is 1. The van der Waals surface area contributed by atoms with E-state index in [2.05, 4.69) is 4.72 Å². The summed E-state index contributed by atoms with van der Waals surface area (Å²) < 4.78 is 53.6. The van der Waals surface area contributed by atoms with Crippen molar-refractivity contribution < 1.29 is 22.0 Å². The molecule has 0 heterocycles. The van der Waals surface area contributed by atoms with E-state index in [9.17, 15) is 22.0 Å². The van der Waals surface area contributed by atoms with E-state index < -0.39 is 33.7 Å². The highest BCUT2D eigenvalue weighted by atomic mass is 35.5. The number of hydrogen-bond acceptors (Lipinski definition) is 4. The largest absolute Gasteiger partial charge is 0.296 e. The Labute approximate surface area is 148 Å². The predicted molar refractivity (Wildman–Crippen MR) is 92.2 cm³/mol. The summed E-state index contributed by atoms with van der Waals surface area (Å²) in [6.45, 7) is 1.06. The lowest BCUT2D eigenvalue weighted by molar-refractivity contribution is -0.125. The number of anilines is 1. The van der Waals surface area contributed by atoms with Gasteiger partial charge in [-0.2, -0.15) is 0 Å². The third-order valence-electron chi connectivity index (χ3n) is 3.25. The molecule has 1 N–H and O–H groups in total. The number of nitrogens with one attached hydrogen (secondary N) is 1. The van der Waals surface area contributed by atoms with Crippen LogP contribution in [0.4, 0.5) is 14.5 Å². The normalized spacial score (nSPS) is 21.0. The quantitative estimate of drug-likeness (QED) is 0.812. The molecule has 2 rings (SSSR count). The van der Waals surface area contributed by atoms with E-state index in [0.717, 1.165) is 31.0 Å². The molecule has 130 valence electrons. The molecule has 0 bridgehead atoms. The maximum Gasteiger partial charge on any atom is 0.229 e. The zero-order chi connectivity index (χ0) is 18.1. The van der Waals surface area contributed by atoms with Crippen molar-refractivity contribution in [1.82, 2.24) is 0 Å². The zero-order valence-electron chi connectivity index (χ0n) is 12.8. The van der Waals surface area contributed by atoms with Crippen molar-refractivity contribution in [2.45, 2.75) is 23.9 Å². The molecule has 0 spiro atoms. The highest BCUT2D eigenvalue weighted by Crippen LogP contribution is 2.43. The Hall–Kier alpha value is -1.38. The van der Waals surface area contributed by atoms with Gasteiger partial charge in [0, 0.05) is 16.2 Å². The van der Waals surface area contributed by atoms with Crippen LogP contribution in [-0.4, -0.2) is 26.1 Å². The molecule has 0 aliphatic heterocycles. The molecule has 1 aliphatic rings. The highest BCUT2D eigenvalue weighted by Gasteiger charge is 2.37. The number of sulfonamides is 1. The first-order valence-corrected chi connectivity index (χ1v) is 9.82. The van der Waals surface area contributed by atoms with Crippen LogP contribution in [0.3, 0.4) is 0 Å². The van der Waals surface area contributed by atoms with E-state index >= 15 is 0 Å². The third-order valence-corrected chi connectivity index (χ3v) is 5.27. The Kier molecular flexibility index (Phi) is 5.41. The zero-order valence-corrected chi connectivity index (χ0v) is 15.2. The molecule has 24 heavy (non-hydrogen) atoms. The molecule has 1 unspecified atom stereocenters. The van der Waals surface area contributed by atoms with Gasteiger partial charge in [-0.3, -0.25) is 9.52 Å². The number of carbonyl (C=O) groups excluding carboxylic acids is 1. The van der Waals surface area contributed by atoms with Gasteiger partial charge in [0.25, 0.3) is 0 Å². The van der Waals surface area contributed by atoms with E-state index in [1.807, 2.05) is 0 Å². The van der Waals surface area contributed by atoms with E-state index in [4.69, 9.17) is 11.6 Å². The second kappa shape index (κ2) is 6.85. The van der Waals surface area contributed by atoms with Crippen molar-refractivity contribution >= 4 is 44.9 Å². The fourth-order valence-corrected chi connectivity index (χ4v) is 3.95. The van der Waals surface area contributed by atoms with Crippen molar-refractivity contribution in [3.05, 3.63) is 46.1 Å². The Morgan fingerprint density at radius 3 is 2.62 bits per heavy atom. The monoisotopic (exact) mass is 393 g/mol. The van der Waals surface area contributed by atoms with Crippen LogP contribution in [0.15, 0.2) is 46.0 Å². The minimum atomic E-state index is -3.59. The number of alkyl halides is 1. The van der Waals surface area contributed by atoms with Gasteiger partial charge < -0.3 is 0 Å². The molecule has 0 fully saturated rings. The Balaban J connectivity index is 2.35. The van der Waals surface area contributed by atoms with Crippen LogP contribution in [-0.2, 0) is 14.8 Å². The number of hydrogen-bond donors (Lipinski definition) is 1. The molecule has 1 atom stereocenters. The van der Waals surface area contributed by atoms with Gasteiger partial charge in [-0.05, 0) is 31.2 Å². The molecule has 0 saturated carbocycles. The van der Waals surface area contributed by atoms with Crippen molar-refractivity contribution in [1.29, 1.82) is 0 Å². The lowest BCUT2D eigenvalue weighted by Gasteiger charge is -2.22. The molecule has 0 radical (unpaired) electrons. The Morgan fingerprint density at radius 1 is 1.42 bits per heavy atom. The van der Waals surface area contributed by atoms with E-state index in [1.165, 1.54) is 12.1 Å². The van der Waals surface area contributed by atoms with Gasteiger partial charge in [0.15, 0.2) is 11.5 Å². The summed E-state index contributed by atoms with van der Waals surface area (Å²) in [5.74, 6) is -1.56. The number of rotatable bonds is 5. The molecular weight excluding hydrogens is 380 g/mol. The van der Waals surface area contributed by atoms with Gasteiger partial charge in [0.1, 0.15) is 5.83 Å². The van der Waals surface area contributed by atoms with Gasteiger partial charge in [0.2, 0.25) is 10.0 Å². The fourth-order valence-electron chi connectivity index (χ4n) is 1.99. The molecule has 0 saturated heterocycles. The number of benzene rings is 1. The topological polar surface area (TPSA) is 63.2 Å². The predicted octanol–water partition coefficient (Wildman–Crippen LogP) is 4.24. The van der Waals surface area contributed by atoms with Gasteiger partial charge in [-0.1, -0.05) is 29.4 Å². The van der Waals surface area contributed by atoms with Crippen molar-refractivity contribution in [2.75, 3.05) is 11.0 Å². The number of thioether (sulfide) groups is 1. The van der Waals surface area contributed by atoms with Crippen LogP contribution in [0.1, 0.15) is 13.3 Å². The number of halogens is 3. The van der Waals surface area contributed by atoms with Gasteiger partial charge in [0.05, 0.1) is 17.0 Å². The van der Waals surface area contributed by atoms with Crippen LogP contribution < -0.4 is 4.72 Å². The van der Waals surface area contributed by atoms with Crippen molar-refractivity contribution in [3.8, 4) is 0 Å². The number of ketones is 1. The molecule has 0 amide bonds. The Morgan fingerprint density at radius 2 is 2.08 bits per heavy atom. The lowest BCUT2D eigenvalue weighted by atomic mass is 9.93. The maximum absolute atomic E-state index is 14.2. The second-order valence-electron chi connectivity index (χ2n) is 5.29. The molecule has 1 aromatic carbocycles. The molecule has 9 heteroatoms. The molecule has 1 aliphatic carbocycles. The smallest absolute Gasteiger partial charge is 0.229 e. The van der Waals surface area contributed by atoms with E-state index in [0.29, 0.717) is 4.90 Å². The van der Waals surface area contributed by atoms with Gasteiger partial charge in [-0.15, -0.1) is 0 Å². The average Bonchev–Trinajstić information content (AvgIpc) is 2.44. The van der Waals surface area contributed by atoms with Crippen LogP contribution >= 0.6 is 23.4 Å². The summed E-state index contributed by atoms with van der Waals surface area (Å²) in [4.78, 5) is 11.7. The first-order valence-electron chi connectivity index (χ1n) is 6.74. The number of carbonyl (C=O) groups is 1. The summed E-state index contributed by atoms with van der Waals surface area (Å²) in [6.07, 6.45) is 2.47.